The zero-order valence-electron chi connectivity index (χ0n) is 10.8. The molecule has 0 radical (unpaired) electrons. The lowest BCUT2D eigenvalue weighted by molar-refractivity contribution is 0.0240. The highest BCUT2D eigenvalue weighted by molar-refractivity contribution is 5.59. The van der Waals surface area contributed by atoms with E-state index < -0.39 is 11.1 Å². The Hall–Kier alpha value is -1.22. The zero-order valence-corrected chi connectivity index (χ0v) is 10.8. The first-order valence-electron chi connectivity index (χ1n) is 5.50. The summed E-state index contributed by atoms with van der Waals surface area (Å²) in [6.07, 6.45) is 0. The van der Waals surface area contributed by atoms with Gasteiger partial charge in [-0.2, -0.15) is 0 Å². The van der Waals surface area contributed by atoms with E-state index in [4.69, 9.17) is 5.73 Å². The van der Waals surface area contributed by atoms with E-state index in [-0.39, 0.29) is 0 Å². The molecule has 0 bridgehead atoms. The molecule has 0 saturated heterocycles. The molecular formula is C13H22N2O. The predicted molar refractivity (Wildman–Crippen MR) is 69.6 cm³/mol. The van der Waals surface area contributed by atoms with Gasteiger partial charge in [-0.15, -0.1) is 0 Å². The average Bonchev–Trinajstić information content (AvgIpc) is 2.09. The summed E-state index contributed by atoms with van der Waals surface area (Å²) in [7, 11) is 0. The van der Waals surface area contributed by atoms with Crippen LogP contribution in [0.1, 0.15) is 33.3 Å². The average molecular weight is 222 g/mol. The molecule has 90 valence electrons. The molecule has 0 spiro atoms. The third-order valence-corrected chi connectivity index (χ3v) is 3.27. The molecule has 0 aromatic heterocycles. The van der Waals surface area contributed by atoms with Crippen molar-refractivity contribution in [2.75, 3.05) is 11.1 Å². The second-order valence-corrected chi connectivity index (χ2v) is 5.38. The second-order valence-electron chi connectivity index (χ2n) is 5.38. The van der Waals surface area contributed by atoms with Gasteiger partial charge in [0, 0.05) is 11.4 Å². The number of aliphatic hydroxyl groups is 1. The third kappa shape index (κ3) is 2.67. The lowest BCUT2D eigenvalue weighted by Crippen LogP contribution is -2.51. The van der Waals surface area contributed by atoms with E-state index in [0.29, 0.717) is 0 Å². The fourth-order valence-electron chi connectivity index (χ4n) is 1.23. The first-order valence-corrected chi connectivity index (χ1v) is 5.50. The van der Waals surface area contributed by atoms with Crippen LogP contribution in [0.4, 0.5) is 11.4 Å². The molecule has 3 heteroatoms. The molecule has 0 fully saturated rings. The van der Waals surface area contributed by atoms with E-state index in [1.165, 1.54) is 0 Å². The van der Waals surface area contributed by atoms with E-state index in [2.05, 4.69) is 5.32 Å². The highest BCUT2D eigenvalue weighted by Gasteiger charge is 2.34. The molecule has 0 aliphatic rings. The van der Waals surface area contributed by atoms with E-state index in [9.17, 15) is 5.11 Å². The Labute approximate surface area is 97.7 Å². The minimum atomic E-state index is -0.813. The Balaban J connectivity index is 2.93. The maximum Gasteiger partial charge on any atom is 0.0814 e. The first kappa shape index (κ1) is 12.8. The van der Waals surface area contributed by atoms with E-state index >= 15 is 0 Å². The molecular weight excluding hydrogens is 200 g/mol. The van der Waals surface area contributed by atoms with Gasteiger partial charge in [-0.1, -0.05) is 6.07 Å². The summed E-state index contributed by atoms with van der Waals surface area (Å²) >= 11 is 0. The molecule has 1 aromatic carbocycles. The fraction of sp³-hybridized carbons (Fsp3) is 0.538. The van der Waals surface area contributed by atoms with Crippen LogP contribution < -0.4 is 11.1 Å². The SMILES string of the molecule is Cc1ccc(NC(C)(C)C(C)(C)O)cc1N. The van der Waals surface area contributed by atoms with Gasteiger partial charge in [0.25, 0.3) is 0 Å². The number of rotatable bonds is 3. The molecule has 1 aromatic rings. The van der Waals surface area contributed by atoms with Crippen molar-refractivity contribution in [3.63, 3.8) is 0 Å². The Bertz CT molecular complexity index is 378. The summed E-state index contributed by atoms with van der Waals surface area (Å²) in [6, 6.07) is 5.83. The van der Waals surface area contributed by atoms with Gasteiger partial charge in [-0.3, -0.25) is 0 Å². The van der Waals surface area contributed by atoms with Crippen molar-refractivity contribution >= 4 is 11.4 Å². The predicted octanol–water partition coefficient (Wildman–Crippen LogP) is 2.54. The Morgan fingerprint density at radius 3 is 2.19 bits per heavy atom. The number of nitrogens with one attached hydrogen (secondary N) is 1. The summed E-state index contributed by atoms with van der Waals surface area (Å²) in [5.74, 6) is 0. The number of anilines is 2. The largest absolute Gasteiger partial charge is 0.398 e. The highest BCUT2D eigenvalue weighted by Crippen LogP contribution is 2.27. The third-order valence-electron chi connectivity index (χ3n) is 3.27. The highest BCUT2D eigenvalue weighted by atomic mass is 16.3. The van der Waals surface area contributed by atoms with Crippen LogP contribution in [0, 0.1) is 6.92 Å². The number of aryl methyl sites for hydroxylation is 1. The van der Waals surface area contributed by atoms with Crippen LogP contribution in [-0.4, -0.2) is 16.2 Å². The van der Waals surface area contributed by atoms with E-state index in [0.717, 1.165) is 16.9 Å². The summed E-state index contributed by atoms with van der Waals surface area (Å²) in [5, 5.41) is 13.3. The molecule has 0 amide bonds. The molecule has 0 saturated carbocycles. The number of benzene rings is 1. The normalized spacial score (nSPS) is 12.6. The van der Waals surface area contributed by atoms with Crippen LogP contribution in [0.15, 0.2) is 18.2 Å². The number of hydrogen-bond acceptors (Lipinski definition) is 3. The van der Waals surface area contributed by atoms with E-state index in [1.54, 1.807) is 13.8 Å². The molecule has 16 heavy (non-hydrogen) atoms. The van der Waals surface area contributed by atoms with Crippen LogP contribution in [0.2, 0.25) is 0 Å². The van der Waals surface area contributed by atoms with Crippen molar-refractivity contribution < 1.29 is 5.11 Å². The zero-order chi connectivity index (χ0) is 12.6. The molecule has 3 nitrogen and oxygen atoms in total. The first-order chi connectivity index (χ1) is 7.13. The van der Waals surface area contributed by atoms with Gasteiger partial charge in [0.05, 0.1) is 11.1 Å². The van der Waals surface area contributed by atoms with Gasteiger partial charge in [0.1, 0.15) is 0 Å². The van der Waals surface area contributed by atoms with Crippen molar-refractivity contribution in [3.8, 4) is 0 Å². The maximum absolute atomic E-state index is 10.0. The van der Waals surface area contributed by atoms with Crippen LogP contribution in [0.25, 0.3) is 0 Å². The smallest absolute Gasteiger partial charge is 0.0814 e. The van der Waals surface area contributed by atoms with Gasteiger partial charge < -0.3 is 16.2 Å². The number of nitrogens with two attached hydrogens (primary N) is 1. The molecule has 0 aliphatic heterocycles. The summed E-state index contributed by atoms with van der Waals surface area (Å²) in [5.41, 5.74) is 7.36. The van der Waals surface area contributed by atoms with Crippen molar-refractivity contribution in [2.45, 2.75) is 45.8 Å². The minimum absolute atomic E-state index is 0.422. The van der Waals surface area contributed by atoms with Crippen molar-refractivity contribution in [1.29, 1.82) is 0 Å². The lowest BCUT2D eigenvalue weighted by Gasteiger charge is -2.39. The van der Waals surface area contributed by atoms with Gasteiger partial charge >= 0.3 is 0 Å². The van der Waals surface area contributed by atoms with Crippen LogP contribution in [-0.2, 0) is 0 Å². The Morgan fingerprint density at radius 2 is 1.75 bits per heavy atom. The summed E-state index contributed by atoms with van der Waals surface area (Å²) in [6.45, 7) is 9.47. The van der Waals surface area contributed by atoms with Crippen molar-refractivity contribution in [3.05, 3.63) is 23.8 Å². The molecule has 4 N–H and O–H groups in total. The summed E-state index contributed by atoms with van der Waals surface area (Å²) < 4.78 is 0. The minimum Gasteiger partial charge on any atom is -0.398 e. The molecule has 0 heterocycles. The molecule has 0 unspecified atom stereocenters. The van der Waals surface area contributed by atoms with Gasteiger partial charge in [0.2, 0.25) is 0 Å². The van der Waals surface area contributed by atoms with Gasteiger partial charge in [-0.25, -0.2) is 0 Å². The topological polar surface area (TPSA) is 58.3 Å². The van der Waals surface area contributed by atoms with E-state index in [1.807, 2.05) is 39.0 Å². The quantitative estimate of drug-likeness (QED) is 0.689. The Morgan fingerprint density at radius 1 is 1.19 bits per heavy atom. The second kappa shape index (κ2) is 3.98. The van der Waals surface area contributed by atoms with Crippen molar-refractivity contribution in [1.82, 2.24) is 0 Å². The molecule has 0 atom stereocenters. The van der Waals surface area contributed by atoms with Gasteiger partial charge in [0.15, 0.2) is 0 Å². The van der Waals surface area contributed by atoms with Gasteiger partial charge in [-0.05, 0) is 52.3 Å². The molecule has 0 aliphatic carbocycles. The van der Waals surface area contributed by atoms with Crippen molar-refractivity contribution in [2.24, 2.45) is 0 Å². The maximum atomic E-state index is 10.0. The number of hydrogen-bond donors (Lipinski definition) is 3. The number of nitrogen functional groups attached to an aromatic ring is 1. The fourth-order valence-corrected chi connectivity index (χ4v) is 1.23. The Kier molecular flexibility index (Phi) is 3.20. The van der Waals surface area contributed by atoms with Crippen LogP contribution in [0.3, 0.4) is 0 Å². The lowest BCUT2D eigenvalue weighted by atomic mass is 9.85. The standard InChI is InChI=1S/C13H22N2O/c1-9-6-7-10(8-11(9)14)15-12(2,3)13(4,5)16/h6-8,15-16H,14H2,1-5H3. The molecule has 1 rings (SSSR count). The van der Waals surface area contributed by atoms with Crippen LogP contribution in [0.5, 0.6) is 0 Å². The summed E-state index contributed by atoms with van der Waals surface area (Å²) in [4.78, 5) is 0. The van der Waals surface area contributed by atoms with Crippen LogP contribution >= 0.6 is 0 Å². The monoisotopic (exact) mass is 222 g/mol.